The smallest absolute Gasteiger partial charge is 0.261 e. The van der Waals surface area contributed by atoms with Gasteiger partial charge < -0.3 is 19.6 Å². The fourth-order valence-corrected chi connectivity index (χ4v) is 8.95. The van der Waals surface area contributed by atoms with E-state index in [0.29, 0.717) is 22.5 Å². The zero-order chi connectivity index (χ0) is 37.4. The van der Waals surface area contributed by atoms with E-state index in [0.717, 1.165) is 48.8 Å². The minimum atomic E-state index is -0.210. The van der Waals surface area contributed by atoms with Crippen molar-refractivity contribution in [2.24, 2.45) is 0 Å². The molecule has 0 atom stereocenters. The van der Waals surface area contributed by atoms with Gasteiger partial charge in [-0.1, -0.05) is 70.8 Å². The minimum absolute atomic E-state index is 0.210. The highest BCUT2D eigenvalue weighted by atomic mass is 32.1. The SMILES string of the molecule is Cc1ccc(N(c2ccc(C)cc2)c2ccc(C3=C(C=O)/C(=C(/c4ccc(N(c5ccc(C)cc5)c5ccc(C)cc5)s4)N(C)C)C(=O)N3C)s2)cc1. The van der Waals surface area contributed by atoms with Gasteiger partial charge in [0.05, 0.1) is 32.3 Å². The van der Waals surface area contributed by atoms with E-state index in [2.05, 4.69) is 153 Å². The van der Waals surface area contributed by atoms with Gasteiger partial charge in [0.1, 0.15) is 10.0 Å². The van der Waals surface area contributed by atoms with Crippen LogP contribution >= 0.6 is 22.7 Å². The third-order valence-electron chi connectivity index (χ3n) is 9.44. The number of carbonyl (C=O) groups excluding carboxylic acids is 2. The second-order valence-corrected chi connectivity index (χ2v) is 15.8. The molecule has 3 heterocycles. The van der Waals surface area contributed by atoms with Gasteiger partial charge in [0.2, 0.25) is 0 Å². The number of aldehydes is 1. The molecular formula is C45H42N4O2S2. The van der Waals surface area contributed by atoms with Crippen LogP contribution in [0.2, 0.25) is 0 Å². The van der Waals surface area contributed by atoms with Gasteiger partial charge in [-0.15, -0.1) is 22.7 Å². The van der Waals surface area contributed by atoms with Crippen molar-refractivity contribution in [2.75, 3.05) is 30.9 Å². The maximum absolute atomic E-state index is 14.3. The van der Waals surface area contributed by atoms with Crippen molar-refractivity contribution in [1.82, 2.24) is 9.80 Å². The molecule has 0 radical (unpaired) electrons. The summed E-state index contributed by atoms with van der Waals surface area (Å²) in [5.41, 5.74) is 11.0. The molecule has 0 saturated carbocycles. The highest BCUT2D eigenvalue weighted by molar-refractivity contribution is 7.17. The number of rotatable bonds is 10. The van der Waals surface area contributed by atoms with Crippen molar-refractivity contribution in [1.29, 1.82) is 0 Å². The molecule has 1 aliphatic heterocycles. The molecule has 6 nitrogen and oxygen atoms in total. The van der Waals surface area contributed by atoms with Crippen LogP contribution in [0.3, 0.4) is 0 Å². The van der Waals surface area contributed by atoms with Crippen molar-refractivity contribution >= 4 is 79.0 Å². The first kappa shape index (κ1) is 35.7. The van der Waals surface area contributed by atoms with Gasteiger partial charge in [0, 0.05) is 43.9 Å². The van der Waals surface area contributed by atoms with Crippen molar-refractivity contribution in [2.45, 2.75) is 27.7 Å². The standard InChI is InChI=1S/C45H42N4O2S2/c1-29-8-16-33(17-9-29)48(34-18-10-30(2)11-19-34)40-26-24-38(52-40)43-37(28-50)42(45(51)47(43)7)44(46(5)6)39-25-27-41(53-39)49(35-20-12-31(3)13-21-35)36-22-14-32(4)15-23-36/h8-28H,1-7H3/b44-42+. The van der Waals surface area contributed by atoms with Crippen LogP contribution in [0.25, 0.3) is 11.4 Å². The molecule has 0 aliphatic carbocycles. The summed E-state index contributed by atoms with van der Waals surface area (Å²) in [6.07, 6.45) is 0.839. The highest BCUT2D eigenvalue weighted by Crippen LogP contribution is 2.47. The molecule has 0 N–H and O–H groups in total. The first-order valence-corrected chi connectivity index (χ1v) is 19.1. The Kier molecular flexibility index (Phi) is 9.92. The van der Waals surface area contributed by atoms with Crippen molar-refractivity contribution < 1.29 is 9.59 Å². The quantitative estimate of drug-likeness (QED) is 0.104. The van der Waals surface area contributed by atoms with E-state index >= 15 is 0 Å². The van der Waals surface area contributed by atoms with Crippen molar-refractivity contribution in [3.8, 4) is 0 Å². The Hall–Kier alpha value is -5.70. The second kappa shape index (κ2) is 14.7. The minimum Gasteiger partial charge on any atom is -0.376 e. The molecule has 6 aromatic rings. The zero-order valence-corrected chi connectivity index (χ0v) is 32.7. The number of thiophene rings is 2. The maximum atomic E-state index is 14.3. The molecule has 4 aromatic carbocycles. The Labute approximate surface area is 320 Å². The number of hydrogen-bond acceptors (Lipinski definition) is 7. The lowest BCUT2D eigenvalue weighted by atomic mass is 10.0. The largest absolute Gasteiger partial charge is 0.376 e. The van der Waals surface area contributed by atoms with Crippen LogP contribution in [0.4, 0.5) is 32.8 Å². The van der Waals surface area contributed by atoms with Gasteiger partial charge in [-0.25, -0.2) is 0 Å². The molecule has 266 valence electrons. The van der Waals surface area contributed by atoms with Crippen LogP contribution in [0, 0.1) is 27.7 Å². The number of nitrogens with zero attached hydrogens (tertiary/aromatic N) is 4. The lowest BCUT2D eigenvalue weighted by Crippen LogP contribution is -2.22. The molecule has 7 rings (SSSR count). The lowest BCUT2D eigenvalue weighted by molar-refractivity contribution is -0.122. The third-order valence-corrected chi connectivity index (χ3v) is 11.6. The Morgan fingerprint density at radius 3 is 1.36 bits per heavy atom. The Bertz CT molecular complexity index is 2260. The molecule has 8 heteroatoms. The van der Waals surface area contributed by atoms with E-state index in [1.165, 1.54) is 22.3 Å². The van der Waals surface area contributed by atoms with Gasteiger partial charge in [0.15, 0.2) is 6.29 Å². The predicted octanol–water partition coefficient (Wildman–Crippen LogP) is 11.3. The van der Waals surface area contributed by atoms with Crippen LogP contribution in [-0.4, -0.2) is 43.1 Å². The predicted molar refractivity (Wildman–Crippen MR) is 223 cm³/mol. The molecule has 0 spiro atoms. The topological polar surface area (TPSA) is 47.1 Å². The van der Waals surface area contributed by atoms with Crippen LogP contribution in [0.1, 0.15) is 32.0 Å². The van der Waals surface area contributed by atoms with Gasteiger partial charge in [-0.3, -0.25) is 9.59 Å². The summed E-state index contributed by atoms with van der Waals surface area (Å²) in [6.45, 7) is 8.33. The van der Waals surface area contributed by atoms with Crippen molar-refractivity contribution in [3.63, 3.8) is 0 Å². The number of amides is 1. The van der Waals surface area contributed by atoms with E-state index in [4.69, 9.17) is 0 Å². The van der Waals surface area contributed by atoms with Crippen LogP contribution < -0.4 is 9.80 Å². The summed E-state index contributed by atoms with van der Waals surface area (Å²) in [6, 6.07) is 42.1. The van der Waals surface area contributed by atoms with Crippen molar-refractivity contribution in [3.05, 3.63) is 164 Å². The second-order valence-electron chi connectivity index (χ2n) is 13.7. The molecule has 1 amide bonds. The molecule has 0 bridgehead atoms. The lowest BCUT2D eigenvalue weighted by Gasteiger charge is -2.24. The Morgan fingerprint density at radius 2 is 0.962 bits per heavy atom. The summed E-state index contributed by atoms with van der Waals surface area (Å²) in [7, 11) is 5.61. The summed E-state index contributed by atoms with van der Waals surface area (Å²) in [4.78, 5) is 37.2. The number of hydrogen-bond donors (Lipinski definition) is 0. The van der Waals surface area contributed by atoms with E-state index < -0.39 is 0 Å². The molecule has 0 unspecified atom stereocenters. The molecular weight excluding hydrogens is 693 g/mol. The van der Waals surface area contributed by atoms with E-state index in [1.807, 2.05) is 25.1 Å². The van der Waals surface area contributed by atoms with Gasteiger partial charge >= 0.3 is 0 Å². The van der Waals surface area contributed by atoms with Crippen LogP contribution in [0.15, 0.2) is 132 Å². The summed E-state index contributed by atoms with van der Waals surface area (Å²) < 4.78 is 0. The molecule has 0 saturated heterocycles. The molecule has 0 fully saturated rings. The summed E-state index contributed by atoms with van der Waals surface area (Å²) in [5, 5.41) is 1.98. The third kappa shape index (κ3) is 6.95. The van der Waals surface area contributed by atoms with E-state index in [1.54, 1.807) is 34.6 Å². The molecule has 2 aromatic heterocycles. The maximum Gasteiger partial charge on any atom is 0.261 e. The molecule has 1 aliphatic rings. The molecule has 53 heavy (non-hydrogen) atoms. The number of anilines is 6. The van der Waals surface area contributed by atoms with E-state index in [-0.39, 0.29) is 5.91 Å². The Balaban J connectivity index is 1.33. The van der Waals surface area contributed by atoms with E-state index in [9.17, 15) is 9.59 Å². The normalized spacial score (nSPS) is 13.8. The van der Waals surface area contributed by atoms with Gasteiger partial charge in [-0.05, 0) is 100 Å². The monoisotopic (exact) mass is 734 g/mol. The van der Waals surface area contributed by atoms with Gasteiger partial charge in [-0.2, -0.15) is 0 Å². The first-order valence-electron chi connectivity index (χ1n) is 17.5. The highest BCUT2D eigenvalue weighted by Gasteiger charge is 2.38. The van der Waals surface area contributed by atoms with Crippen LogP contribution in [-0.2, 0) is 9.59 Å². The average Bonchev–Trinajstić information content (AvgIpc) is 3.88. The number of likely N-dealkylation sites (N-methyl/N-ethyl adjacent to an activating group) is 1. The Morgan fingerprint density at radius 1 is 0.566 bits per heavy atom. The number of benzene rings is 4. The van der Waals surface area contributed by atoms with Crippen LogP contribution in [0.5, 0.6) is 0 Å². The van der Waals surface area contributed by atoms with Gasteiger partial charge in [0.25, 0.3) is 5.91 Å². The number of carbonyl (C=O) groups is 2. The first-order chi connectivity index (χ1) is 25.5. The zero-order valence-electron chi connectivity index (χ0n) is 31.0. The summed E-state index contributed by atoms with van der Waals surface area (Å²) >= 11 is 3.15. The fraction of sp³-hybridized carbons (Fsp3) is 0.156. The summed E-state index contributed by atoms with van der Waals surface area (Å²) in [5.74, 6) is -0.210. The number of aryl methyl sites for hydroxylation is 4. The fourth-order valence-electron chi connectivity index (χ4n) is 6.63. The average molecular weight is 735 g/mol.